The van der Waals surface area contributed by atoms with E-state index in [2.05, 4.69) is 10.6 Å². The Hall–Kier alpha value is -3.64. The summed E-state index contributed by atoms with van der Waals surface area (Å²) in [4.78, 5) is 60.6. The van der Waals surface area contributed by atoms with E-state index < -0.39 is 12.1 Å². The highest BCUT2D eigenvalue weighted by molar-refractivity contribution is 6.16. The van der Waals surface area contributed by atoms with Crippen LogP contribution in [0.3, 0.4) is 0 Å². The molecule has 0 radical (unpaired) electrons. The first-order chi connectivity index (χ1) is 22.2. The first-order valence-corrected chi connectivity index (χ1v) is 16.7. The van der Waals surface area contributed by atoms with E-state index in [0.29, 0.717) is 61.7 Å². The molecule has 3 atom stereocenters. The number of fused-ring (bicyclic) bond motifs is 1. The monoisotopic (exact) mass is 638 g/mol. The minimum Gasteiger partial charge on any atom is -0.497 e. The summed E-state index contributed by atoms with van der Waals surface area (Å²) in [6.45, 7) is 4.21. The summed E-state index contributed by atoms with van der Waals surface area (Å²) in [6, 6.07) is 4.49. The second-order valence-corrected chi connectivity index (χ2v) is 12.9. The fourth-order valence-electron chi connectivity index (χ4n) is 7.36. The molecule has 252 valence electrons. The van der Waals surface area contributed by atoms with Gasteiger partial charge in [-0.15, -0.1) is 0 Å². The minimum atomic E-state index is -0.580. The van der Waals surface area contributed by atoms with Gasteiger partial charge in [0.2, 0.25) is 11.8 Å². The number of aryl methyl sites for hydroxylation is 1. The maximum absolute atomic E-state index is 14.3. The molecule has 4 amide bonds. The second-order valence-electron chi connectivity index (χ2n) is 12.9. The molecule has 1 unspecified atom stereocenters. The largest absolute Gasteiger partial charge is 0.497 e. The summed E-state index contributed by atoms with van der Waals surface area (Å²) in [7, 11) is 6.77. The molecular formula is C34H50N6O6. The maximum Gasteiger partial charge on any atom is 0.271 e. The summed E-state index contributed by atoms with van der Waals surface area (Å²) in [5.74, 6) is 0.0603. The number of nitrogens with one attached hydrogen (secondary N) is 2. The molecule has 12 heteroatoms. The molecule has 0 spiro atoms. The van der Waals surface area contributed by atoms with E-state index in [9.17, 15) is 19.2 Å². The van der Waals surface area contributed by atoms with Crippen molar-refractivity contribution in [2.75, 3.05) is 60.6 Å². The van der Waals surface area contributed by atoms with Crippen LogP contribution in [0.25, 0.3) is 10.9 Å². The average Bonchev–Trinajstić information content (AvgIpc) is 3.68. The van der Waals surface area contributed by atoms with Crippen LogP contribution in [0.2, 0.25) is 0 Å². The Kier molecular flexibility index (Phi) is 10.9. The summed E-state index contributed by atoms with van der Waals surface area (Å²) in [5.41, 5.74) is 1.47. The number of hydrogen-bond acceptors (Lipinski definition) is 7. The third-order valence-electron chi connectivity index (χ3n) is 10.2. The lowest BCUT2D eigenvalue weighted by atomic mass is 9.83. The van der Waals surface area contributed by atoms with Gasteiger partial charge in [-0.1, -0.05) is 19.3 Å². The van der Waals surface area contributed by atoms with Gasteiger partial charge < -0.3 is 39.4 Å². The van der Waals surface area contributed by atoms with E-state index in [-0.39, 0.29) is 35.6 Å². The minimum absolute atomic E-state index is 0.0442. The van der Waals surface area contributed by atoms with Crippen molar-refractivity contribution in [1.29, 1.82) is 0 Å². The highest BCUT2D eigenvalue weighted by Gasteiger charge is 2.39. The van der Waals surface area contributed by atoms with Crippen LogP contribution in [0.4, 0.5) is 0 Å². The van der Waals surface area contributed by atoms with Crippen molar-refractivity contribution in [3.8, 4) is 5.75 Å². The van der Waals surface area contributed by atoms with Gasteiger partial charge in [-0.05, 0) is 57.7 Å². The van der Waals surface area contributed by atoms with Gasteiger partial charge in [-0.3, -0.25) is 19.2 Å². The highest BCUT2D eigenvalue weighted by Crippen LogP contribution is 2.33. The van der Waals surface area contributed by atoms with Gasteiger partial charge in [0.1, 0.15) is 17.5 Å². The first kappa shape index (κ1) is 33.7. The van der Waals surface area contributed by atoms with Crippen molar-refractivity contribution < 1.29 is 28.7 Å². The average molecular weight is 639 g/mol. The van der Waals surface area contributed by atoms with Gasteiger partial charge in [0.25, 0.3) is 11.8 Å². The smallest absolute Gasteiger partial charge is 0.271 e. The van der Waals surface area contributed by atoms with Gasteiger partial charge in [0.05, 0.1) is 36.9 Å². The molecule has 3 fully saturated rings. The molecule has 1 saturated carbocycles. The predicted octanol–water partition coefficient (Wildman–Crippen LogP) is 2.40. The van der Waals surface area contributed by atoms with Crippen LogP contribution < -0.4 is 15.4 Å². The molecule has 12 nitrogen and oxygen atoms in total. The van der Waals surface area contributed by atoms with Crippen molar-refractivity contribution in [3.05, 3.63) is 29.5 Å². The molecule has 1 aromatic carbocycles. The van der Waals surface area contributed by atoms with Crippen LogP contribution in [0.15, 0.2) is 18.2 Å². The Bertz CT molecular complexity index is 1430. The highest BCUT2D eigenvalue weighted by atomic mass is 16.5. The number of carbonyl (C=O) groups is 4. The van der Waals surface area contributed by atoms with E-state index >= 15 is 0 Å². The number of rotatable bonds is 10. The number of benzene rings is 1. The van der Waals surface area contributed by atoms with Crippen LogP contribution in [0, 0.1) is 5.92 Å². The van der Waals surface area contributed by atoms with Crippen LogP contribution >= 0.6 is 0 Å². The molecule has 2 N–H and O–H groups in total. The van der Waals surface area contributed by atoms with Gasteiger partial charge in [0, 0.05) is 58.3 Å². The van der Waals surface area contributed by atoms with Crippen LogP contribution in [0.5, 0.6) is 5.75 Å². The number of methoxy groups -OCH3 is 2. The van der Waals surface area contributed by atoms with Crippen molar-refractivity contribution in [2.24, 2.45) is 13.0 Å². The first-order valence-electron chi connectivity index (χ1n) is 16.7. The Labute approximate surface area is 271 Å². The Balaban J connectivity index is 1.38. The van der Waals surface area contributed by atoms with Crippen molar-refractivity contribution in [2.45, 2.75) is 70.0 Å². The number of likely N-dealkylation sites (N-methyl/N-ethyl adjacent to an activating group) is 1. The summed E-state index contributed by atoms with van der Waals surface area (Å²) in [6.07, 6.45) is 6.81. The van der Waals surface area contributed by atoms with E-state index in [4.69, 9.17) is 9.47 Å². The van der Waals surface area contributed by atoms with Gasteiger partial charge in [0.15, 0.2) is 0 Å². The number of ether oxygens (including phenoxy) is 2. The second kappa shape index (κ2) is 14.8. The third kappa shape index (κ3) is 6.73. The number of carbonyl (C=O) groups excluding carboxylic acids is 4. The number of piperazine rings is 1. The number of amides is 4. The molecule has 3 aliphatic rings. The molecule has 0 bridgehead atoms. The van der Waals surface area contributed by atoms with Crippen molar-refractivity contribution >= 4 is 34.5 Å². The summed E-state index contributed by atoms with van der Waals surface area (Å²) >= 11 is 0. The zero-order chi connectivity index (χ0) is 33.0. The normalized spacial score (nSPS) is 20.5. The lowest BCUT2D eigenvalue weighted by molar-refractivity contribution is -0.140. The Morgan fingerprint density at radius 2 is 1.61 bits per heavy atom. The molecule has 1 aromatic heterocycles. The fourth-order valence-corrected chi connectivity index (χ4v) is 7.36. The molecule has 3 heterocycles. The van der Waals surface area contributed by atoms with Gasteiger partial charge in [-0.25, -0.2) is 0 Å². The quantitative estimate of drug-likeness (QED) is 0.410. The van der Waals surface area contributed by atoms with Gasteiger partial charge in [-0.2, -0.15) is 0 Å². The van der Waals surface area contributed by atoms with Crippen LogP contribution in [-0.4, -0.2) is 122 Å². The number of nitrogens with zero attached hydrogens (tertiary/aromatic N) is 4. The SMILES string of the molecule is CN[C@@H](C)C(=O)NC(C(=O)N1CCN(C(=O)c2c(C(=O)N3CCC[C@@H]3COC)c3ccc(OC)cc3n2C)CC1)C1CCCCC1. The standard InChI is InChI=1S/C34H50N6O6/c1-22(35-2)31(41)36-29(23-10-7-6-8-11-23)33(43)38-16-18-39(19-17-38)34(44)30-28(32(42)40-15-9-12-24(40)21-45-4)26-14-13-25(46-5)20-27(26)37(30)3/h13-14,20,22-24,29,35H,6-12,15-19,21H2,1-5H3,(H,36,41)/t22-,24+,29?/m0/s1. The zero-order valence-electron chi connectivity index (χ0n) is 28.0. The van der Waals surface area contributed by atoms with Crippen LogP contribution in [-0.2, 0) is 21.4 Å². The van der Waals surface area contributed by atoms with Crippen molar-refractivity contribution in [1.82, 2.24) is 29.9 Å². The Morgan fingerprint density at radius 3 is 2.26 bits per heavy atom. The molecule has 46 heavy (non-hydrogen) atoms. The predicted molar refractivity (Wildman–Crippen MR) is 175 cm³/mol. The summed E-state index contributed by atoms with van der Waals surface area (Å²) < 4.78 is 12.7. The zero-order valence-corrected chi connectivity index (χ0v) is 28.0. The molecule has 2 aliphatic heterocycles. The molecule has 2 aromatic rings. The van der Waals surface area contributed by atoms with Crippen LogP contribution in [0.1, 0.15) is 72.7 Å². The number of hydrogen-bond donors (Lipinski definition) is 2. The van der Waals surface area contributed by atoms with Gasteiger partial charge >= 0.3 is 0 Å². The van der Waals surface area contributed by atoms with E-state index in [1.165, 1.54) is 0 Å². The van der Waals surface area contributed by atoms with E-state index in [1.54, 1.807) is 42.6 Å². The third-order valence-corrected chi connectivity index (χ3v) is 10.2. The fraction of sp³-hybridized carbons (Fsp3) is 0.647. The lowest BCUT2D eigenvalue weighted by Crippen LogP contribution is -2.59. The topological polar surface area (TPSA) is 125 Å². The molecule has 2 saturated heterocycles. The number of likely N-dealkylation sites (tertiary alicyclic amines) is 1. The number of aromatic nitrogens is 1. The van der Waals surface area contributed by atoms with E-state index in [0.717, 1.165) is 50.5 Å². The van der Waals surface area contributed by atoms with E-state index in [1.807, 2.05) is 30.1 Å². The summed E-state index contributed by atoms with van der Waals surface area (Å²) in [5, 5.41) is 6.71. The molecule has 1 aliphatic carbocycles. The lowest BCUT2D eigenvalue weighted by Gasteiger charge is -2.39. The maximum atomic E-state index is 14.3. The molecular weight excluding hydrogens is 588 g/mol. The molecule has 5 rings (SSSR count). The van der Waals surface area contributed by atoms with Crippen molar-refractivity contribution in [3.63, 3.8) is 0 Å². The Morgan fingerprint density at radius 1 is 0.913 bits per heavy atom.